The Hall–Kier alpha value is -2.61. The second-order valence-corrected chi connectivity index (χ2v) is 20.6. The zero-order valence-corrected chi connectivity index (χ0v) is 36.4. The van der Waals surface area contributed by atoms with E-state index in [-0.39, 0.29) is 34.3 Å². The molecule has 1 spiro atoms. The van der Waals surface area contributed by atoms with Gasteiger partial charge in [0.25, 0.3) is 11.6 Å². The molecule has 8 aliphatic rings. The molecular weight excluding hydrogens is 805 g/mol. The number of amides is 1. The molecule has 16 heteroatoms. The number of allylic oxidation sites excluding steroid dienone is 1. The van der Waals surface area contributed by atoms with E-state index in [1.165, 1.54) is 30.7 Å². The molecule has 0 unspecified atom stereocenters. The summed E-state index contributed by atoms with van der Waals surface area (Å²) < 4.78 is 38.2. The average molecular weight is 871 g/mol. The van der Waals surface area contributed by atoms with Gasteiger partial charge in [0.1, 0.15) is 42.7 Å². The molecule has 344 valence electrons. The fourth-order valence-electron chi connectivity index (χ4n) is 13.7. The van der Waals surface area contributed by atoms with Crippen LogP contribution in [0.4, 0.5) is 5.69 Å². The number of aliphatic hydroxyl groups excluding tert-OH is 5. The molecule has 1 amide bonds. The van der Waals surface area contributed by atoms with Crippen LogP contribution in [0.3, 0.4) is 0 Å². The minimum atomic E-state index is -1.71. The topological polar surface area (TPSA) is 229 Å². The van der Waals surface area contributed by atoms with E-state index in [0.717, 1.165) is 57.6 Å². The zero-order valence-electron chi connectivity index (χ0n) is 36.4. The van der Waals surface area contributed by atoms with E-state index in [4.69, 9.17) is 28.4 Å². The lowest BCUT2D eigenvalue weighted by atomic mass is 9.47. The second-order valence-electron chi connectivity index (χ2n) is 20.6. The zero-order chi connectivity index (χ0) is 44.0. The number of fused-ring (bicyclic) bond motifs is 7. The van der Waals surface area contributed by atoms with E-state index in [1.807, 2.05) is 0 Å². The fourth-order valence-corrected chi connectivity index (χ4v) is 13.7. The molecule has 0 bridgehead atoms. The van der Waals surface area contributed by atoms with Crippen LogP contribution in [0.15, 0.2) is 35.9 Å². The SMILES string of the molecule is C[C@@H]1CC[C@@]2(OC1)O[C@H]1C[C@H]3[C@@H]4CC=C5C[C@@H](O[C@@H]6O[C@H](CO)[C@@H](O[C@@H]7O[C@@H](C)[C@H](O)[C@@H](O)[C@H]7O)[C@H](O)[C@H]6NC(=O)c6cccc([N+](=O)[O-])c6)CC[C@]5(C)[C@H]4CC[C@]3(C)[C@H]1[C@@H]2C. The number of ether oxygens (including phenoxy) is 6. The maximum atomic E-state index is 13.7. The summed E-state index contributed by atoms with van der Waals surface area (Å²) in [6.07, 6.45) is -1.78. The van der Waals surface area contributed by atoms with Crippen molar-refractivity contribution in [2.45, 2.75) is 172 Å². The Morgan fingerprint density at radius 3 is 2.47 bits per heavy atom. The van der Waals surface area contributed by atoms with Crippen molar-refractivity contribution in [2.24, 2.45) is 46.3 Å². The third-order valence-electron chi connectivity index (χ3n) is 17.2. The molecule has 1 aromatic rings. The monoisotopic (exact) mass is 870 g/mol. The number of nitro benzene ring substituents is 1. The van der Waals surface area contributed by atoms with Crippen molar-refractivity contribution >= 4 is 11.6 Å². The Balaban J connectivity index is 0.923. The van der Waals surface area contributed by atoms with Gasteiger partial charge in [-0.15, -0.1) is 0 Å². The summed E-state index contributed by atoms with van der Waals surface area (Å²) >= 11 is 0. The van der Waals surface area contributed by atoms with Crippen molar-refractivity contribution in [3.05, 3.63) is 51.6 Å². The molecule has 1 aromatic carbocycles. The van der Waals surface area contributed by atoms with Crippen LogP contribution in [0.2, 0.25) is 0 Å². The fraction of sp³-hybridized carbons (Fsp3) is 0.804. The van der Waals surface area contributed by atoms with Gasteiger partial charge in [0.15, 0.2) is 18.4 Å². The number of carbonyl (C=O) groups is 1. The van der Waals surface area contributed by atoms with E-state index in [9.17, 15) is 40.4 Å². The van der Waals surface area contributed by atoms with Gasteiger partial charge >= 0.3 is 0 Å². The summed E-state index contributed by atoms with van der Waals surface area (Å²) in [6.45, 7) is 11.2. The third-order valence-corrected chi connectivity index (χ3v) is 17.2. The van der Waals surface area contributed by atoms with Crippen molar-refractivity contribution in [3.8, 4) is 0 Å². The van der Waals surface area contributed by atoms with Crippen molar-refractivity contribution in [1.82, 2.24) is 5.32 Å². The van der Waals surface area contributed by atoms with Gasteiger partial charge in [0.2, 0.25) is 0 Å². The van der Waals surface area contributed by atoms with Crippen LogP contribution in [0.25, 0.3) is 0 Å². The second kappa shape index (κ2) is 16.7. The van der Waals surface area contributed by atoms with Crippen LogP contribution < -0.4 is 5.32 Å². The van der Waals surface area contributed by atoms with Crippen LogP contribution in [0.1, 0.15) is 103 Å². The number of non-ortho nitro benzene ring substituents is 1. The predicted octanol–water partition coefficient (Wildman–Crippen LogP) is 3.74. The molecule has 0 aromatic heterocycles. The molecule has 21 atom stereocenters. The van der Waals surface area contributed by atoms with Gasteiger partial charge in [0, 0.05) is 30.0 Å². The first-order valence-electron chi connectivity index (χ1n) is 23.0. The van der Waals surface area contributed by atoms with Crippen LogP contribution >= 0.6 is 0 Å². The molecular formula is C46H66N2O14. The number of rotatable bonds is 8. The summed E-state index contributed by atoms with van der Waals surface area (Å²) in [5.41, 5.74) is 1.18. The number of benzene rings is 1. The summed E-state index contributed by atoms with van der Waals surface area (Å²) in [5, 5.41) is 68.3. The average Bonchev–Trinajstić information content (AvgIpc) is 3.70. The summed E-state index contributed by atoms with van der Waals surface area (Å²) in [5.74, 6) is 1.85. The maximum Gasteiger partial charge on any atom is 0.270 e. The minimum absolute atomic E-state index is 0.0244. The first kappa shape index (κ1) is 44.6. The van der Waals surface area contributed by atoms with Gasteiger partial charge in [-0.1, -0.05) is 45.4 Å². The first-order chi connectivity index (χ1) is 29.5. The number of hydrogen-bond donors (Lipinski definition) is 6. The Kier molecular flexibility index (Phi) is 12.0. The first-order valence-corrected chi connectivity index (χ1v) is 23.0. The number of nitrogens with zero attached hydrogens (tertiary/aromatic N) is 1. The molecule has 62 heavy (non-hydrogen) atoms. The summed E-state index contributed by atoms with van der Waals surface area (Å²) in [6, 6.07) is 3.86. The molecule has 4 heterocycles. The number of hydrogen-bond acceptors (Lipinski definition) is 14. The number of nitrogens with one attached hydrogen (secondary N) is 1. The van der Waals surface area contributed by atoms with Crippen molar-refractivity contribution in [2.75, 3.05) is 13.2 Å². The molecule has 0 radical (unpaired) electrons. The van der Waals surface area contributed by atoms with Gasteiger partial charge in [-0.2, -0.15) is 0 Å². The molecule has 4 aliphatic heterocycles. The minimum Gasteiger partial charge on any atom is -0.394 e. The molecule has 9 rings (SSSR count). The van der Waals surface area contributed by atoms with Gasteiger partial charge in [-0.3, -0.25) is 14.9 Å². The predicted molar refractivity (Wildman–Crippen MR) is 220 cm³/mol. The Morgan fingerprint density at radius 1 is 0.952 bits per heavy atom. The van der Waals surface area contributed by atoms with E-state index < -0.39 is 84.6 Å². The summed E-state index contributed by atoms with van der Waals surface area (Å²) in [7, 11) is 0. The Bertz CT molecular complexity index is 1880. The molecule has 4 saturated heterocycles. The van der Waals surface area contributed by atoms with Crippen LogP contribution in [-0.2, 0) is 28.4 Å². The lowest BCUT2D eigenvalue weighted by Crippen LogP contribution is -2.67. The van der Waals surface area contributed by atoms with E-state index in [1.54, 1.807) is 0 Å². The van der Waals surface area contributed by atoms with E-state index in [2.05, 4.69) is 39.1 Å². The van der Waals surface area contributed by atoms with Gasteiger partial charge in [0.05, 0.1) is 36.4 Å². The van der Waals surface area contributed by atoms with Gasteiger partial charge in [-0.05, 0) is 105 Å². The highest BCUT2D eigenvalue weighted by atomic mass is 16.7. The molecule has 7 fully saturated rings. The standard InChI is InChI=1S/C46H66N2O14/c1-22-11-16-46(57-21-22)23(2)34-32(62-46)19-31-29-10-9-26-18-28(12-14-44(26,4)30(29)13-15-45(31,34)5)59-42-35(47-41(54)25-7-6-8-27(17-25)48(55)56)37(51)40(33(20-49)60-42)61-43-39(53)38(52)36(50)24(3)58-43/h6-9,17,22-24,28-40,42-43,49-53H,10-16,18-21H2,1-5H3,(H,47,54)/t22-,23+,24+,28+,29-,30+,31+,32+,33-,34+,35-,36+,37-,38-,39-,40-,42-,43+,44+,45+,46-/m1/s1. The van der Waals surface area contributed by atoms with Crippen LogP contribution in [0, 0.1) is 56.5 Å². The highest BCUT2D eigenvalue weighted by Crippen LogP contribution is 2.70. The van der Waals surface area contributed by atoms with Crippen molar-refractivity contribution in [1.29, 1.82) is 0 Å². The van der Waals surface area contributed by atoms with Crippen LogP contribution in [0.5, 0.6) is 0 Å². The van der Waals surface area contributed by atoms with E-state index >= 15 is 0 Å². The van der Waals surface area contributed by atoms with Crippen molar-refractivity contribution < 1.29 is 63.7 Å². The summed E-state index contributed by atoms with van der Waals surface area (Å²) in [4.78, 5) is 24.7. The third kappa shape index (κ3) is 7.37. The quantitative estimate of drug-likeness (QED) is 0.124. The lowest BCUT2D eigenvalue weighted by molar-refractivity contribution is -0.384. The number of carbonyl (C=O) groups excluding carboxylic acids is 1. The Morgan fingerprint density at radius 2 is 1.74 bits per heavy atom. The lowest BCUT2D eigenvalue weighted by Gasteiger charge is -2.58. The van der Waals surface area contributed by atoms with Gasteiger partial charge in [-0.25, -0.2) is 0 Å². The number of aliphatic hydroxyl groups is 5. The number of nitro groups is 1. The molecule has 3 saturated carbocycles. The molecule has 4 aliphatic carbocycles. The Labute approximate surface area is 362 Å². The maximum absolute atomic E-state index is 13.7. The molecule has 16 nitrogen and oxygen atoms in total. The highest BCUT2D eigenvalue weighted by molar-refractivity contribution is 5.95. The normalized spacial score (nSPS) is 49.9. The van der Waals surface area contributed by atoms with Crippen molar-refractivity contribution in [3.63, 3.8) is 0 Å². The highest BCUT2D eigenvalue weighted by Gasteiger charge is 2.69. The van der Waals surface area contributed by atoms with Crippen LogP contribution in [-0.4, -0.2) is 129 Å². The molecule has 6 N–H and O–H groups in total. The largest absolute Gasteiger partial charge is 0.394 e. The smallest absolute Gasteiger partial charge is 0.270 e. The van der Waals surface area contributed by atoms with Gasteiger partial charge < -0.3 is 59.3 Å². The van der Waals surface area contributed by atoms with E-state index in [0.29, 0.717) is 48.3 Å².